The fourth-order valence-electron chi connectivity index (χ4n) is 11.5. The van der Waals surface area contributed by atoms with Gasteiger partial charge in [0.1, 0.15) is 36.3 Å². The third-order valence-electron chi connectivity index (χ3n) is 16.9. The van der Waals surface area contributed by atoms with E-state index in [9.17, 15) is 38.7 Å². The third-order valence-corrected chi connectivity index (χ3v) is 16.9. The molecule has 510 valence electrons. The zero-order chi connectivity index (χ0) is 65.0. The Kier molecular flexibility index (Phi) is 52.6. The summed E-state index contributed by atoms with van der Waals surface area (Å²) in [7, 11) is 0. The minimum Gasteiger partial charge on any atom is -0.480 e. The Morgan fingerprint density at radius 2 is 0.598 bits per heavy atom. The average molecular weight is 1230 g/mol. The summed E-state index contributed by atoms with van der Waals surface area (Å²) < 4.78 is 0. The molecule has 0 aliphatic rings. The first kappa shape index (κ1) is 83.2. The first-order valence-corrected chi connectivity index (χ1v) is 35.9. The largest absolute Gasteiger partial charge is 0.480 e. The highest BCUT2D eigenvalue weighted by atomic mass is 16.4. The van der Waals surface area contributed by atoms with Crippen molar-refractivity contribution in [3.63, 3.8) is 0 Å². The Balaban J connectivity index is 6.20. The van der Waals surface area contributed by atoms with Crippen molar-refractivity contribution in [1.29, 1.82) is 0 Å². The number of rotatable bonds is 60. The van der Waals surface area contributed by atoms with E-state index < -0.39 is 77.8 Å². The minimum atomic E-state index is -1.22. The van der Waals surface area contributed by atoms with Crippen molar-refractivity contribution >= 4 is 41.4 Å². The highest BCUT2D eigenvalue weighted by Crippen LogP contribution is 2.20. The predicted molar refractivity (Wildman–Crippen MR) is 360 cm³/mol. The molecule has 0 unspecified atom stereocenters. The molecular weight excluding hydrogens is 1090 g/mol. The maximum atomic E-state index is 14.8. The van der Waals surface area contributed by atoms with Gasteiger partial charge < -0.3 is 48.5 Å². The van der Waals surface area contributed by atoms with E-state index in [-0.39, 0.29) is 42.9 Å². The molecule has 17 heteroatoms. The SMILES string of the molecule is CCCCCCCCCCCCCCCCCCN(CCCCCCCCCCCCCCCC)[C@@H](CCCCN)C(=O)N[C@@H](CC(C)C)C(=O)N[C@@H](C)C(=O)N[C@@H](CC(C)C)C(=O)N[C@@H](CCCCN)C(=O)N[C@@H](CC(C)C)C(=O)N[C@@H](C)C(=O)O. The van der Waals surface area contributed by atoms with Crippen molar-refractivity contribution in [2.45, 2.75) is 362 Å². The Hall–Kier alpha value is -3.83. The number of hydrogen-bond donors (Lipinski definition) is 9. The van der Waals surface area contributed by atoms with Crippen LogP contribution >= 0.6 is 0 Å². The van der Waals surface area contributed by atoms with Gasteiger partial charge in [0.2, 0.25) is 35.4 Å². The lowest BCUT2D eigenvalue weighted by Crippen LogP contribution is -2.59. The van der Waals surface area contributed by atoms with Crippen LogP contribution in [0.3, 0.4) is 0 Å². The van der Waals surface area contributed by atoms with E-state index in [1.807, 2.05) is 41.5 Å². The van der Waals surface area contributed by atoms with Crippen LogP contribution in [0.5, 0.6) is 0 Å². The summed E-state index contributed by atoms with van der Waals surface area (Å²) >= 11 is 0. The second-order valence-electron chi connectivity index (χ2n) is 27.0. The summed E-state index contributed by atoms with van der Waals surface area (Å²) in [5.41, 5.74) is 11.8. The summed E-state index contributed by atoms with van der Waals surface area (Å²) in [5.74, 6) is -4.47. The molecule has 11 N–H and O–H groups in total. The monoisotopic (exact) mass is 1230 g/mol. The van der Waals surface area contributed by atoms with Crippen molar-refractivity contribution in [3.05, 3.63) is 0 Å². The predicted octanol–water partition coefficient (Wildman–Crippen LogP) is 12.8. The van der Waals surface area contributed by atoms with Gasteiger partial charge in [-0.15, -0.1) is 0 Å². The smallest absolute Gasteiger partial charge is 0.325 e. The standard InChI is InChI=1S/C70H137N9O8/c1-11-13-15-17-19-21-23-25-27-28-30-32-34-36-38-44-50-79(49-43-37-35-33-31-29-26-24-22-20-18-16-14-12-2)63(46-40-42-48-72)69(85)78-61(52-55(5)6)66(82)73-57(9)64(80)76-62(53-56(7)8)68(84)75-59(45-39-41-47-71)65(81)77-60(51-54(3)4)67(83)74-58(10)70(86)87/h54-63H,11-53,71-72H2,1-10H3,(H,73,82)(H,74,83)(H,75,84)(H,76,80)(H,77,81)(H,78,85)(H,86,87)/t57-,58-,59-,60-,61-,62-,63-/m0/s1. The van der Waals surface area contributed by atoms with Crippen molar-refractivity contribution in [1.82, 2.24) is 36.8 Å². The quantitative estimate of drug-likeness (QED) is 0.0259. The number of nitrogens with one attached hydrogen (secondary N) is 6. The molecule has 0 rings (SSSR count). The van der Waals surface area contributed by atoms with E-state index in [4.69, 9.17) is 11.5 Å². The lowest BCUT2D eigenvalue weighted by molar-refractivity contribution is -0.142. The van der Waals surface area contributed by atoms with Crippen molar-refractivity contribution < 1.29 is 38.7 Å². The normalized spacial score (nSPS) is 14.1. The topological polar surface area (TPSA) is 267 Å². The third kappa shape index (κ3) is 45.1. The van der Waals surface area contributed by atoms with E-state index in [2.05, 4.69) is 50.6 Å². The van der Waals surface area contributed by atoms with Crippen LogP contribution < -0.4 is 43.4 Å². The first-order valence-electron chi connectivity index (χ1n) is 35.9. The molecule has 0 aromatic carbocycles. The maximum absolute atomic E-state index is 14.8. The van der Waals surface area contributed by atoms with Gasteiger partial charge in [-0.3, -0.25) is 38.5 Å². The molecule has 7 atom stereocenters. The van der Waals surface area contributed by atoms with Crippen LogP contribution in [0.25, 0.3) is 0 Å². The average Bonchev–Trinajstić information content (AvgIpc) is 3.03. The van der Waals surface area contributed by atoms with E-state index in [1.54, 1.807) is 6.92 Å². The second kappa shape index (κ2) is 55.0. The zero-order valence-electron chi connectivity index (χ0n) is 57.6. The number of amides is 6. The lowest BCUT2D eigenvalue weighted by atomic mass is 9.99. The van der Waals surface area contributed by atoms with Gasteiger partial charge in [0.15, 0.2) is 0 Å². The Morgan fingerprint density at radius 1 is 0.322 bits per heavy atom. The van der Waals surface area contributed by atoms with Gasteiger partial charge in [0.25, 0.3) is 0 Å². The van der Waals surface area contributed by atoms with E-state index in [1.165, 1.54) is 174 Å². The Labute approximate surface area is 532 Å². The molecule has 6 amide bonds. The number of unbranched alkanes of at least 4 members (excludes halogenated alkanes) is 30. The number of hydrogen-bond acceptors (Lipinski definition) is 10. The molecule has 0 saturated carbocycles. The zero-order valence-corrected chi connectivity index (χ0v) is 57.6. The van der Waals surface area contributed by atoms with Gasteiger partial charge in [-0.05, 0) is 122 Å². The molecule has 17 nitrogen and oxygen atoms in total. The Morgan fingerprint density at radius 3 is 0.931 bits per heavy atom. The number of nitrogens with zero attached hydrogens (tertiary/aromatic N) is 1. The van der Waals surface area contributed by atoms with E-state index >= 15 is 0 Å². The molecule has 0 radical (unpaired) electrons. The highest BCUT2D eigenvalue weighted by molar-refractivity contribution is 5.97. The number of nitrogens with two attached hydrogens (primary N) is 2. The van der Waals surface area contributed by atoms with Crippen molar-refractivity contribution in [3.8, 4) is 0 Å². The van der Waals surface area contributed by atoms with Crippen LogP contribution in [-0.2, 0) is 33.6 Å². The number of carbonyl (C=O) groups is 7. The van der Waals surface area contributed by atoms with Gasteiger partial charge in [0.05, 0.1) is 6.04 Å². The number of carboxylic acid groups (broad SMARTS) is 1. The molecule has 0 spiro atoms. The van der Waals surface area contributed by atoms with Crippen molar-refractivity contribution in [2.24, 2.45) is 29.2 Å². The maximum Gasteiger partial charge on any atom is 0.325 e. The van der Waals surface area contributed by atoms with Crippen LogP contribution in [-0.4, -0.2) is 120 Å². The lowest BCUT2D eigenvalue weighted by Gasteiger charge is -2.33. The molecule has 0 aliphatic heterocycles. The van der Waals surface area contributed by atoms with Crippen LogP contribution in [0.1, 0.15) is 320 Å². The Bertz CT molecular complexity index is 1770. The van der Waals surface area contributed by atoms with E-state index in [0.29, 0.717) is 38.8 Å². The number of carbonyl (C=O) groups excluding carboxylic acids is 6. The molecule has 0 aromatic heterocycles. The van der Waals surface area contributed by atoms with Crippen LogP contribution in [0, 0.1) is 17.8 Å². The summed E-state index contributed by atoms with van der Waals surface area (Å²) in [6.07, 6.45) is 42.9. The van der Waals surface area contributed by atoms with Crippen molar-refractivity contribution in [2.75, 3.05) is 26.2 Å². The van der Waals surface area contributed by atoms with Gasteiger partial charge in [-0.2, -0.15) is 0 Å². The first-order chi connectivity index (χ1) is 41.7. The van der Waals surface area contributed by atoms with Gasteiger partial charge in [0, 0.05) is 0 Å². The molecule has 0 bridgehead atoms. The molecule has 0 fully saturated rings. The van der Waals surface area contributed by atoms with Crippen LogP contribution in [0.15, 0.2) is 0 Å². The number of aliphatic carboxylic acids is 1. The fraction of sp³-hybridized carbons (Fsp3) is 0.900. The summed E-state index contributed by atoms with van der Waals surface area (Å²) in [5, 5.41) is 26.3. The molecule has 87 heavy (non-hydrogen) atoms. The van der Waals surface area contributed by atoms with E-state index in [0.717, 1.165) is 51.6 Å². The van der Waals surface area contributed by atoms with Crippen LogP contribution in [0.2, 0.25) is 0 Å². The second-order valence-corrected chi connectivity index (χ2v) is 27.0. The summed E-state index contributed by atoms with van der Waals surface area (Å²) in [4.78, 5) is 98.4. The highest BCUT2D eigenvalue weighted by Gasteiger charge is 2.34. The number of carboxylic acids is 1. The summed E-state index contributed by atoms with van der Waals surface area (Å²) in [6.45, 7) is 21.5. The van der Waals surface area contributed by atoms with Gasteiger partial charge >= 0.3 is 5.97 Å². The molecule has 0 aliphatic carbocycles. The summed E-state index contributed by atoms with van der Waals surface area (Å²) in [6, 6.07) is -6.89. The van der Waals surface area contributed by atoms with Gasteiger partial charge in [-0.1, -0.05) is 242 Å². The minimum absolute atomic E-state index is 0.0371. The van der Waals surface area contributed by atoms with Gasteiger partial charge in [-0.25, -0.2) is 0 Å². The fourth-order valence-corrected chi connectivity index (χ4v) is 11.5. The molecular formula is C70H137N9O8. The molecule has 0 aromatic rings. The van der Waals surface area contributed by atoms with Crippen LogP contribution in [0.4, 0.5) is 0 Å². The molecule has 0 heterocycles. The molecule has 0 saturated heterocycles.